The molecule has 164 valence electrons. The van der Waals surface area contributed by atoms with E-state index in [4.69, 9.17) is 9.47 Å². The van der Waals surface area contributed by atoms with Gasteiger partial charge in [0.1, 0.15) is 17.3 Å². The van der Waals surface area contributed by atoms with Gasteiger partial charge in [0, 0.05) is 25.8 Å². The quantitative estimate of drug-likeness (QED) is 0.297. The third-order valence-corrected chi connectivity index (χ3v) is 4.97. The lowest BCUT2D eigenvalue weighted by atomic mass is 9.95. The van der Waals surface area contributed by atoms with Gasteiger partial charge in [0.05, 0.1) is 17.7 Å². The van der Waals surface area contributed by atoms with Crippen molar-refractivity contribution in [2.75, 3.05) is 20.3 Å². The smallest absolute Gasteiger partial charge is 0.295 e. The van der Waals surface area contributed by atoms with Crippen molar-refractivity contribution >= 4 is 17.4 Å². The second kappa shape index (κ2) is 9.75. The zero-order chi connectivity index (χ0) is 22.5. The van der Waals surface area contributed by atoms with E-state index in [-0.39, 0.29) is 24.0 Å². The van der Waals surface area contributed by atoms with Crippen LogP contribution in [-0.4, -0.2) is 48.1 Å². The second-order valence-corrected chi connectivity index (χ2v) is 7.58. The number of ketones is 1. The molecular formula is C24H26FNO5. The molecule has 1 unspecified atom stereocenters. The Labute approximate surface area is 180 Å². The molecule has 0 bridgehead atoms. The van der Waals surface area contributed by atoms with Gasteiger partial charge in [0.25, 0.3) is 11.7 Å². The van der Waals surface area contributed by atoms with E-state index in [0.717, 1.165) is 0 Å². The van der Waals surface area contributed by atoms with Crippen molar-refractivity contribution in [1.29, 1.82) is 0 Å². The number of carbonyl (C=O) groups is 2. The van der Waals surface area contributed by atoms with Crippen LogP contribution in [0.5, 0.6) is 5.75 Å². The predicted molar refractivity (Wildman–Crippen MR) is 114 cm³/mol. The van der Waals surface area contributed by atoms with E-state index in [2.05, 4.69) is 0 Å². The van der Waals surface area contributed by atoms with Crippen LogP contribution in [0.15, 0.2) is 54.1 Å². The monoisotopic (exact) mass is 427 g/mol. The molecule has 0 saturated carbocycles. The van der Waals surface area contributed by atoms with E-state index in [1.165, 1.54) is 29.2 Å². The maximum atomic E-state index is 13.5. The Bertz CT molecular complexity index is 966. The summed E-state index contributed by atoms with van der Waals surface area (Å²) in [6.45, 7) is 4.48. The summed E-state index contributed by atoms with van der Waals surface area (Å²) < 4.78 is 24.2. The number of hydrogen-bond acceptors (Lipinski definition) is 5. The molecule has 1 heterocycles. The van der Waals surface area contributed by atoms with Gasteiger partial charge < -0.3 is 19.5 Å². The number of halogens is 1. The third-order valence-electron chi connectivity index (χ3n) is 4.97. The van der Waals surface area contributed by atoms with Gasteiger partial charge in [-0.2, -0.15) is 0 Å². The van der Waals surface area contributed by atoms with Crippen LogP contribution in [0.2, 0.25) is 0 Å². The van der Waals surface area contributed by atoms with Crippen LogP contribution >= 0.6 is 0 Å². The van der Waals surface area contributed by atoms with Crippen LogP contribution in [0.4, 0.5) is 4.39 Å². The van der Waals surface area contributed by atoms with E-state index < -0.39 is 23.5 Å². The molecule has 1 aliphatic heterocycles. The highest BCUT2D eigenvalue weighted by Crippen LogP contribution is 2.39. The van der Waals surface area contributed by atoms with Gasteiger partial charge in [-0.3, -0.25) is 9.59 Å². The minimum absolute atomic E-state index is 0.00431. The van der Waals surface area contributed by atoms with Crippen molar-refractivity contribution in [3.63, 3.8) is 0 Å². The molecule has 1 atom stereocenters. The van der Waals surface area contributed by atoms with Gasteiger partial charge in [-0.1, -0.05) is 12.1 Å². The molecule has 0 radical (unpaired) electrons. The van der Waals surface area contributed by atoms with Gasteiger partial charge in [-0.15, -0.1) is 0 Å². The molecule has 1 N–H and O–H groups in total. The van der Waals surface area contributed by atoms with E-state index >= 15 is 0 Å². The van der Waals surface area contributed by atoms with Crippen LogP contribution in [0.1, 0.15) is 37.4 Å². The van der Waals surface area contributed by atoms with Gasteiger partial charge >= 0.3 is 0 Å². The van der Waals surface area contributed by atoms with Crippen LogP contribution in [-0.2, 0) is 14.3 Å². The summed E-state index contributed by atoms with van der Waals surface area (Å²) in [7, 11) is 1.55. The molecule has 7 heteroatoms. The van der Waals surface area contributed by atoms with Crippen molar-refractivity contribution in [3.05, 3.63) is 71.0 Å². The van der Waals surface area contributed by atoms with E-state index in [1.807, 2.05) is 13.8 Å². The van der Waals surface area contributed by atoms with Crippen molar-refractivity contribution in [1.82, 2.24) is 4.90 Å². The Balaban J connectivity index is 2.04. The highest BCUT2D eigenvalue weighted by molar-refractivity contribution is 6.46. The Morgan fingerprint density at radius 1 is 1.10 bits per heavy atom. The molecular weight excluding hydrogens is 401 g/mol. The van der Waals surface area contributed by atoms with Crippen molar-refractivity contribution in [2.24, 2.45) is 0 Å². The number of rotatable bonds is 8. The standard InChI is InChI=1S/C24H26FNO5/c1-15(2)31-19-11-7-17(8-12-19)22(27)20-21(16-5-9-18(25)10-6-16)26(13-4-14-30-3)24(29)23(20)28/h5-12,15,21,27H,4,13-14H2,1-3H3. The topological polar surface area (TPSA) is 76.1 Å². The number of methoxy groups -OCH3 is 1. The van der Waals surface area contributed by atoms with Gasteiger partial charge in [0.15, 0.2) is 0 Å². The molecule has 0 spiro atoms. The fourth-order valence-electron chi connectivity index (χ4n) is 3.60. The minimum Gasteiger partial charge on any atom is -0.507 e. The van der Waals surface area contributed by atoms with E-state index in [0.29, 0.717) is 29.9 Å². The number of aliphatic hydroxyl groups excluding tert-OH is 1. The lowest BCUT2D eigenvalue weighted by molar-refractivity contribution is -0.140. The lowest BCUT2D eigenvalue weighted by Crippen LogP contribution is -2.31. The summed E-state index contributed by atoms with van der Waals surface area (Å²) in [5.74, 6) is -1.56. The molecule has 31 heavy (non-hydrogen) atoms. The first kappa shape index (κ1) is 22.5. The number of aliphatic hydroxyl groups is 1. The molecule has 0 aromatic heterocycles. The number of ether oxygens (including phenoxy) is 2. The number of amides is 1. The van der Waals surface area contributed by atoms with E-state index in [1.54, 1.807) is 31.4 Å². The number of Topliss-reactive ketones (excluding diaryl/α,β-unsaturated/α-hetero) is 1. The van der Waals surface area contributed by atoms with Gasteiger partial charge in [-0.05, 0) is 62.2 Å². The highest BCUT2D eigenvalue weighted by atomic mass is 19.1. The molecule has 1 amide bonds. The van der Waals surface area contributed by atoms with Crippen LogP contribution in [0, 0.1) is 5.82 Å². The minimum atomic E-state index is -0.816. The highest BCUT2D eigenvalue weighted by Gasteiger charge is 2.45. The average Bonchev–Trinajstić information content (AvgIpc) is 2.99. The zero-order valence-corrected chi connectivity index (χ0v) is 17.8. The maximum Gasteiger partial charge on any atom is 0.295 e. The number of carbonyl (C=O) groups excluding carboxylic acids is 2. The Morgan fingerprint density at radius 2 is 1.74 bits per heavy atom. The first-order valence-electron chi connectivity index (χ1n) is 10.1. The Kier molecular flexibility index (Phi) is 7.07. The number of benzene rings is 2. The molecule has 3 rings (SSSR count). The number of nitrogens with zero attached hydrogens (tertiary/aromatic N) is 1. The third kappa shape index (κ3) is 4.94. The van der Waals surface area contributed by atoms with Crippen LogP contribution in [0.25, 0.3) is 5.76 Å². The summed E-state index contributed by atoms with van der Waals surface area (Å²) in [4.78, 5) is 27.1. The summed E-state index contributed by atoms with van der Waals surface area (Å²) in [6, 6.07) is 11.4. The number of likely N-dealkylation sites (tertiary alicyclic amines) is 1. The summed E-state index contributed by atoms with van der Waals surface area (Å²) in [5, 5.41) is 11.0. The summed E-state index contributed by atoms with van der Waals surface area (Å²) in [5.41, 5.74) is 0.906. The van der Waals surface area contributed by atoms with Crippen molar-refractivity contribution in [3.8, 4) is 5.75 Å². The molecule has 2 aromatic rings. The predicted octanol–water partition coefficient (Wildman–Crippen LogP) is 4.07. The molecule has 1 aliphatic rings. The largest absolute Gasteiger partial charge is 0.507 e. The normalized spacial score (nSPS) is 18.1. The maximum absolute atomic E-state index is 13.5. The lowest BCUT2D eigenvalue weighted by Gasteiger charge is -2.25. The zero-order valence-electron chi connectivity index (χ0n) is 17.8. The van der Waals surface area contributed by atoms with Crippen molar-refractivity contribution in [2.45, 2.75) is 32.4 Å². The Morgan fingerprint density at radius 3 is 2.32 bits per heavy atom. The van der Waals surface area contributed by atoms with Crippen molar-refractivity contribution < 1.29 is 28.6 Å². The molecule has 1 saturated heterocycles. The summed E-state index contributed by atoms with van der Waals surface area (Å²) >= 11 is 0. The van der Waals surface area contributed by atoms with E-state index in [9.17, 15) is 19.1 Å². The van der Waals surface area contributed by atoms with Crippen LogP contribution in [0.3, 0.4) is 0 Å². The fraction of sp³-hybridized carbons (Fsp3) is 0.333. The van der Waals surface area contributed by atoms with Gasteiger partial charge in [0.2, 0.25) is 0 Å². The van der Waals surface area contributed by atoms with Crippen LogP contribution < -0.4 is 4.74 Å². The molecule has 1 fully saturated rings. The second-order valence-electron chi connectivity index (χ2n) is 7.58. The molecule has 2 aromatic carbocycles. The average molecular weight is 427 g/mol. The molecule has 6 nitrogen and oxygen atoms in total. The first-order chi connectivity index (χ1) is 14.8. The Hall–Kier alpha value is -3.19. The molecule has 0 aliphatic carbocycles. The first-order valence-corrected chi connectivity index (χ1v) is 10.1. The fourth-order valence-corrected chi connectivity index (χ4v) is 3.60. The summed E-state index contributed by atoms with van der Waals surface area (Å²) in [6.07, 6.45) is 0.512. The van der Waals surface area contributed by atoms with Gasteiger partial charge in [-0.25, -0.2) is 4.39 Å². The SMILES string of the molecule is COCCCN1C(=O)C(=O)C(=C(O)c2ccc(OC(C)C)cc2)C1c1ccc(F)cc1. The number of hydrogen-bond donors (Lipinski definition) is 1.